The highest BCUT2D eigenvalue weighted by Gasteiger charge is 2.34. The van der Waals surface area contributed by atoms with E-state index in [-0.39, 0.29) is 17.9 Å². The van der Waals surface area contributed by atoms with Crippen LogP contribution < -0.4 is 20.7 Å². The topological polar surface area (TPSA) is 128 Å². The maximum absolute atomic E-state index is 12.8. The standard InChI is InChI=1S/C19H20F3N7O3S/c1-9-12-13(23)14(33-17(12)28-27-16(9)32-4-3-31-2)15(30)26-11-7-29(8-11)18-24-5-10(6-25-18)19(20,21)22/h5-6,11H,3-4,7-8,23H2,1-2H3,(H,26,30). The lowest BCUT2D eigenvalue weighted by atomic mass is 10.1. The summed E-state index contributed by atoms with van der Waals surface area (Å²) in [6, 6.07) is -0.229. The third kappa shape index (κ3) is 4.61. The van der Waals surface area contributed by atoms with Crippen LogP contribution in [-0.2, 0) is 10.9 Å². The van der Waals surface area contributed by atoms with Crippen LogP contribution in [0.1, 0.15) is 20.8 Å². The summed E-state index contributed by atoms with van der Waals surface area (Å²) in [5.41, 5.74) is 6.30. The van der Waals surface area contributed by atoms with Crippen LogP contribution in [0.25, 0.3) is 10.2 Å². The number of hydrogen-bond acceptors (Lipinski definition) is 10. The number of alkyl halides is 3. The molecule has 1 saturated heterocycles. The van der Waals surface area contributed by atoms with Crippen LogP contribution in [0.3, 0.4) is 0 Å². The predicted molar refractivity (Wildman–Crippen MR) is 114 cm³/mol. The Labute approximate surface area is 189 Å². The number of rotatable bonds is 7. The molecule has 3 aromatic rings. The van der Waals surface area contributed by atoms with Gasteiger partial charge in [-0.15, -0.1) is 21.5 Å². The summed E-state index contributed by atoms with van der Waals surface area (Å²) in [7, 11) is 1.56. The number of ether oxygens (including phenoxy) is 2. The van der Waals surface area contributed by atoms with Crippen LogP contribution in [0.5, 0.6) is 5.88 Å². The van der Waals surface area contributed by atoms with Crippen LogP contribution in [-0.4, -0.2) is 65.5 Å². The molecule has 10 nitrogen and oxygen atoms in total. The smallest absolute Gasteiger partial charge is 0.419 e. The highest BCUT2D eigenvalue weighted by Crippen LogP contribution is 2.37. The van der Waals surface area contributed by atoms with Gasteiger partial charge in [0.05, 0.1) is 23.9 Å². The molecule has 14 heteroatoms. The van der Waals surface area contributed by atoms with E-state index in [1.54, 1.807) is 18.9 Å². The lowest BCUT2D eigenvalue weighted by Crippen LogP contribution is -2.59. The number of halogens is 3. The molecule has 3 aromatic heterocycles. The Hall–Kier alpha value is -3.26. The van der Waals surface area contributed by atoms with E-state index in [1.165, 1.54) is 0 Å². The maximum Gasteiger partial charge on any atom is 0.419 e. The molecule has 0 aromatic carbocycles. The zero-order valence-electron chi connectivity index (χ0n) is 17.6. The van der Waals surface area contributed by atoms with E-state index >= 15 is 0 Å². The van der Waals surface area contributed by atoms with Gasteiger partial charge < -0.3 is 25.4 Å². The van der Waals surface area contributed by atoms with Crippen molar-refractivity contribution in [3.63, 3.8) is 0 Å². The van der Waals surface area contributed by atoms with Gasteiger partial charge in [-0.05, 0) is 6.92 Å². The van der Waals surface area contributed by atoms with Gasteiger partial charge in [-0.25, -0.2) is 9.97 Å². The van der Waals surface area contributed by atoms with Gasteiger partial charge in [-0.3, -0.25) is 4.79 Å². The Morgan fingerprint density at radius 1 is 1.27 bits per heavy atom. The van der Waals surface area contributed by atoms with Crippen molar-refractivity contribution in [3.05, 3.63) is 28.4 Å². The monoisotopic (exact) mass is 483 g/mol. The van der Waals surface area contributed by atoms with E-state index in [4.69, 9.17) is 15.2 Å². The number of carbonyl (C=O) groups excluding carboxylic acids is 1. The van der Waals surface area contributed by atoms with Crippen LogP contribution >= 0.6 is 11.3 Å². The van der Waals surface area contributed by atoms with E-state index in [2.05, 4.69) is 25.5 Å². The highest BCUT2D eigenvalue weighted by atomic mass is 32.1. The molecular formula is C19H20F3N7O3S. The van der Waals surface area contributed by atoms with Gasteiger partial charge in [-0.2, -0.15) is 13.2 Å². The fourth-order valence-electron chi connectivity index (χ4n) is 3.28. The molecule has 0 saturated carbocycles. The molecule has 1 fully saturated rings. The number of carbonyl (C=O) groups is 1. The molecule has 1 amide bonds. The Morgan fingerprint density at radius 3 is 2.61 bits per heavy atom. The number of anilines is 2. The SMILES string of the molecule is COCCOc1nnc2sc(C(=O)NC3CN(c4ncc(C(F)(F)F)cn4)C3)c(N)c2c1C. The van der Waals surface area contributed by atoms with Crippen LogP contribution in [0.2, 0.25) is 0 Å². The Kier molecular flexibility index (Phi) is 6.21. The van der Waals surface area contributed by atoms with Crippen LogP contribution in [0.15, 0.2) is 12.4 Å². The van der Waals surface area contributed by atoms with Crippen molar-refractivity contribution in [2.24, 2.45) is 0 Å². The second-order valence-corrected chi connectivity index (χ2v) is 8.34. The van der Waals surface area contributed by atoms with Crippen LogP contribution in [0.4, 0.5) is 24.8 Å². The molecule has 3 N–H and O–H groups in total. The number of nitrogens with two attached hydrogens (primary N) is 1. The molecule has 4 heterocycles. The van der Waals surface area contributed by atoms with Gasteiger partial charge >= 0.3 is 6.18 Å². The molecule has 0 spiro atoms. The molecule has 1 aliphatic rings. The lowest BCUT2D eigenvalue weighted by Gasteiger charge is -2.39. The summed E-state index contributed by atoms with van der Waals surface area (Å²) >= 11 is 1.13. The van der Waals surface area contributed by atoms with Crippen LogP contribution in [0, 0.1) is 6.92 Å². The van der Waals surface area contributed by atoms with E-state index in [0.29, 0.717) is 58.5 Å². The Morgan fingerprint density at radius 2 is 1.97 bits per heavy atom. The largest absolute Gasteiger partial charge is 0.474 e. The Balaban J connectivity index is 1.40. The first-order valence-corrected chi connectivity index (χ1v) is 10.6. The molecule has 0 radical (unpaired) electrons. The van der Waals surface area contributed by atoms with E-state index in [9.17, 15) is 18.0 Å². The fraction of sp³-hybridized carbons (Fsp3) is 0.421. The number of amides is 1. The quantitative estimate of drug-likeness (QED) is 0.485. The second-order valence-electron chi connectivity index (χ2n) is 7.34. The van der Waals surface area contributed by atoms with Gasteiger partial charge in [0.2, 0.25) is 11.8 Å². The number of nitrogen functional groups attached to an aromatic ring is 1. The summed E-state index contributed by atoms with van der Waals surface area (Å²) < 4.78 is 48.4. The minimum Gasteiger partial charge on any atom is -0.474 e. The van der Waals surface area contributed by atoms with Gasteiger partial charge in [0.25, 0.3) is 5.91 Å². The number of nitrogens with one attached hydrogen (secondary N) is 1. The lowest BCUT2D eigenvalue weighted by molar-refractivity contribution is -0.138. The van der Waals surface area contributed by atoms with Crippen molar-refractivity contribution in [1.82, 2.24) is 25.5 Å². The predicted octanol–water partition coefficient (Wildman–Crippen LogP) is 2.03. The van der Waals surface area contributed by atoms with Crippen molar-refractivity contribution < 1.29 is 27.4 Å². The third-order valence-corrected chi connectivity index (χ3v) is 6.14. The maximum atomic E-state index is 12.8. The fourth-order valence-corrected chi connectivity index (χ4v) is 4.28. The molecule has 0 atom stereocenters. The average molecular weight is 483 g/mol. The van der Waals surface area contributed by atoms with E-state index in [0.717, 1.165) is 23.7 Å². The number of aryl methyl sites for hydroxylation is 1. The van der Waals surface area contributed by atoms with Crippen molar-refractivity contribution in [2.45, 2.75) is 19.1 Å². The number of nitrogens with zero attached hydrogens (tertiary/aromatic N) is 5. The van der Waals surface area contributed by atoms with Gasteiger partial charge in [0.1, 0.15) is 16.3 Å². The molecule has 4 rings (SSSR count). The highest BCUT2D eigenvalue weighted by molar-refractivity contribution is 7.21. The van der Waals surface area contributed by atoms with Crippen molar-refractivity contribution in [1.29, 1.82) is 0 Å². The van der Waals surface area contributed by atoms with Gasteiger partial charge in [-0.1, -0.05) is 0 Å². The van der Waals surface area contributed by atoms with Gasteiger partial charge in [0.15, 0.2) is 0 Å². The van der Waals surface area contributed by atoms with Crippen molar-refractivity contribution >= 4 is 39.1 Å². The number of aromatic nitrogens is 4. The van der Waals surface area contributed by atoms with E-state index in [1.807, 2.05) is 0 Å². The number of methoxy groups -OCH3 is 1. The molecule has 0 unspecified atom stereocenters. The summed E-state index contributed by atoms with van der Waals surface area (Å²) in [4.78, 5) is 22.8. The first-order valence-electron chi connectivity index (χ1n) is 9.81. The third-order valence-electron chi connectivity index (χ3n) is 5.05. The second kappa shape index (κ2) is 8.94. The average Bonchev–Trinajstić information content (AvgIpc) is 3.09. The number of thiophene rings is 1. The van der Waals surface area contributed by atoms with Crippen molar-refractivity contribution in [2.75, 3.05) is 44.0 Å². The normalized spacial score (nSPS) is 14.4. The number of hydrogen-bond donors (Lipinski definition) is 2. The molecular weight excluding hydrogens is 463 g/mol. The number of fused-ring (bicyclic) bond motifs is 1. The van der Waals surface area contributed by atoms with Crippen molar-refractivity contribution in [3.8, 4) is 5.88 Å². The minimum absolute atomic E-state index is 0.168. The molecule has 33 heavy (non-hydrogen) atoms. The Bertz CT molecular complexity index is 1160. The summed E-state index contributed by atoms with van der Waals surface area (Å²) in [5.74, 6) is 0.124. The van der Waals surface area contributed by atoms with E-state index < -0.39 is 11.7 Å². The molecule has 1 aliphatic heterocycles. The summed E-state index contributed by atoms with van der Waals surface area (Å²) in [6.07, 6.45) is -3.01. The minimum atomic E-state index is -4.49. The molecule has 0 bridgehead atoms. The molecule has 176 valence electrons. The zero-order chi connectivity index (χ0) is 23.8. The first-order chi connectivity index (χ1) is 15.7. The zero-order valence-corrected chi connectivity index (χ0v) is 18.5. The summed E-state index contributed by atoms with van der Waals surface area (Å²) in [6.45, 7) is 3.20. The molecule has 0 aliphatic carbocycles. The first kappa shape index (κ1) is 22.9. The van der Waals surface area contributed by atoms with Gasteiger partial charge in [0, 0.05) is 43.5 Å². The summed E-state index contributed by atoms with van der Waals surface area (Å²) in [5, 5.41) is 11.6.